The van der Waals surface area contributed by atoms with Crippen LogP contribution in [0.1, 0.15) is 68.7 Å². The molecule has 0 aromatic carbocycles. The standard InChI is InChI=1S/C17H34O2/c1-11-12(2)14(10-16(4,5)6)18-15(13(11)3)19-17(7,8)9/h11-15H,10H2,1-9H3. The van der Waals surface area contributed by atoms with E-state index in [9.17, 15) is 0 Å². The van der Waals surface area contributed by atoms with Crippen LogP contribution in [0.25, 0.3) is 0 Å². The van der Waals surface area contributed by atoms with E-state index < -0.39 is 0 Å². The summed E-state index contributed by atoms with van der Waals surface area (Å²) in [4.78, 5) is 0. The summed E-state index contributed by atoms with van der Waals surface area (Å²) in [5.41, 5.74) is 0.150. The van der Waals surface area contributed by atoms with Crippen molar-refractivity contribution in [2.45, 2.75) is 86.7 Å². The minimum Gasteiger partial charge on any atom is -0.349 e. The monoisotopic (exact) mass is 270 g/mol. The van der Waals surface area contributed by atoms with Gasteiger partial charge in [-0.15, -0.1) is 0 Å². The molecule has 2 nitrogen and oxygen atoms in total. The van der Waals surface area contributed by atoms with Gasteiger partial charge < -0.3 is 9.47 Å². The number of rotatable bonds is 2. The molecule has 5 atom stereocenters. The molecule has 0 aliphatic carbocycles. The molecule has 1 aliphatic heterocycles. The Morgan fingerprint density at radius 3 is 1.79 bits per heavy atom. The largest absolute Gasteiger partial charge is 0.349 e. The Hall–Kier alpha value is -0.0800. The lowest BCUT2D eigenvalue weighted by molar-refractivity contribution is -0.281. The second-order valence-electron chi connectivity index (χ2n) is 8.62. The van der Waals surface area contributed by atoms with E-state index in [1.165, 1.54) is 0 Å². The van der Waals surface area contributed by atoms with E-state index in [0.717, 1.165) is 6.42 Å². The molecule has 0 saturated carbocycles. The topological polar surface area (TPSA) is 18.5 Å². The molecule has 0 aromatic rings. The molecule has 2 heteroatoms. The fourth-order valence-electron chi connectivity index (χ4n) is 2.81. The summed E-state index contributed by atoms with van der Waals surface area (Å²) in [6.45, 7) is 20.1. The second-order valence-corrected chi connectivity index (χ2v) is 8.62. The summed E-state index contributed by atoms with van der Waals surface area (Å²) in [7, 11) is 0. The van der Waals surface area contributed by atoms with Crippen LogP contribution in [0.2, 0.25) is 0 Å². The summed E-state index contributed by atoms with van der Waals surface area (Å²) < 4.78 is 12.4. The zero-order valence-corrected chi connectivity index (χ0v) is 14.4. The van der Waals surface area contributed by atoms with Crippen molar-refractivity contribution in [2.24, 2.45) is 23.2 Å². The van der Waals surface area contributed by atoms with Gasteiger partial charge in [-0.05, 0) is 44.4 Å². The minimum atomic E-state index is -0.147. The van der Waals surface area contributed by atoms with Crippen molar-refractivity contribution in [3.8, 4) is 0 Å². The molecule has 0 bridgehead atoms. The van der Waals surface area contributed by atoms with Crippen LogP contribution >= 0.6 is 0 Å². The van der Waals surface area contributed by atoms with Crippen molar-refractivity contribution in [3.63, 3.8) is 0 Å². The third-order valence-electron chi connectivity index (χ3n) is 4.27. The van der Waals surface area contributed by atoms with Gasteiger partial charge in [-0.2, -0.15) is 0 Å². The third-order valence-corrected chi connectivity index (χ3v) is 4.27. The van der Waals surface area contributed by atoms with Crippen LogP contribution in [0, 0.1) is 23.2 Å². The molecule has 1 rings (SSSR count). The zero-order valence-electron chi connectivity index (χ0n) is 14.4. The Balaban J connectivity index is 2.79. The predicted molar refractivity (Wildman–Crippen MR) is 81.1 cm³/mol. The van der Waals surface area contributed by atoms with Gasteiger partial charge in [0.05, 0.1) is 11.7 Å². The lowest BCUT2D eigenvalue weighted by Crippen LogP contribution is -2.49. The maximum atomic E-state index is 6.31. The van der Waals surface area contributed by atoms with Crippen molar-refractivity contribution in [1.29, 1.82) is 0 Å². The van der Waals surface area contributed by atoms with Crippen molar-refractivity contribution < 1.29 is 9.47 Å². The van der Waals surface area contributed by atoms with Gasteiger partial charge >= 0.3 is 0 Å². The van der Waals surface area contributed by atoms with Gasteiger partial charge in [0.25, 0.3) is 0 Å². The average molecular weight is 270 g/mol. The lowest BCUT2D eigenvalue weighted by Gasteiger charge is -2.46. The molecule has 5 unspecified atom stereocenters. The highest BCUT2D eigenvalue weighted by molar-refractivity contribution is 4.86. The number of ether oxygens (including phenoxy) is 2. The molecule has 19 heavy (non-hydrogen) atoms. The van der Waals surface area contributed by atoms with Crippen LogP contribution in [0.3, 0.4) is 0 Å². The molecular formula is C17H34O2. The van der Waals surface area contributed by atoms with Crippen LogP contribution in [-0.2, 0) is 9.47 Å². The van der Waals surface area contributed by atoms with E-state index >= 15 is 0 Å². The molecule has 0 amide bonds. The van der Waals surface area contributed by atoms with Crippen molar-refractivity contribution in [1.82, 2.24) is 0 Å². The van der Waals surface area contributed by atoms with E-state index in [1.807, 2.05) is 0 Å². The number of hydrogen-bond acceptors (Lipinski definition) is 2. The van der Waals surface area contributed by atoms with Crippen LogP contribution in [0.4, 0.5) is 0 Å². The van der Waals surface area contributed by atoms with E-state index in [-0.39, 0.29) is 11.9 Å². The molecule has 1 heterocycles. The van der Waals surface area contributed by atoms with Gasteiger partial charge in [-0.3, -0.25) is 0 Å². The maximum absolute atomic E-state index is 6.31. The van der Waals surface area contributed by atoms with Gasteiger partial charge in [-0.1, -0.05) is 41.5 Å². The zero-order chi connectivity index (χ0) is 15.0. The molecule has 0 N–H and O–H groups in total. The van der Waals surface area contributed by atoms with Crippen LogP contribution in [-0.4, -0.2) is 18.0 Å². The molecule has 0 spiro atoms. The normalized spacial score (nSPS) is 37.4. The highest BCUT2D eigenvalue weighted by Gasteiger charge is 2.42. The molecule has 0 aromatic heterocycles. The van der Waals surface area contributed by atoms with E-state index in [2.05, 4.69) is 62.3 Å². The fraction of sp³-hybridized carbons (Fsp3) is 1.00. The van der Waals surface area contributed by atoms with Crippen LogP contribution < -0.4 is 0 Å². The highest BCUT2D eigenvalue weighted by atomic mass is 16.7. The molecule has 0 radical (unpaired) electrons. The van der Waals surface area contributed by atoms with Crippen molar-refractivity contribution >= 4 is 0 Å². The molecule has 1 aliphatic rings. The first-order chi connectivity index (χ1) is 8.41. The minimum absolute atomic E-state index is 0.0708. The third kappa shape index (κ3) is 5.07. The van der Waals surface area contributed by atoms with E-state index in [1.54, 1.807) is 0 Å². The SMILES string of the molecule is CC1C(CC(C)(C)C)OC(OC(C)(C)C)C(C)C1C. The molecule has 1 saturated heterocycles. The first kappa shape index (κ1) is 17.0. The Bertz CT molecular complexity index is 257. The molecule has 114 valence electrons. The van der Waals surface area contributed by atoms with E-state index in [0.29, 0.717) is 29.3 Å². The predicted octanol–water partition coefficient (Wildman–Crippen LogP) is 4.87. The van der Waals surface area contributed by atoms with E-state index in [4.69, 9.17) is 9.47 Å². The first-order valence-corrected chi connectivity index (χ1v) is 7.74. The quantitative estimate of drug-likeness (QED) is 0.712. The Morgan fingerprint density at radius 1 is 0.842 bits per heavy atom. The Labute approximate surface area is 120 Å². The number of hydrogen-bond donors (Lipinski definition) is 0. The summed E-state index contributed by atoms with van der Waals surface area (Å²) in [6, 6.07) is 0. The van der Waals surface area contributed by atoms with Gasteiger partial charge in [0.15, 0.2) is 6.29 Å². The van der Waals surface area contributed by atoms with Crippen LogP contribution in [0.15, 0.2) is 0 Å². The Kier molecular flexibility index (Phi) is 5.12. The maximum Gasteiger partial charge on any atom is 0.161 e. The summed E-state index contributed by atoms with van der Waals surface area (Å²) in [5.74, 6) is 1.67. The second kappa shape index (κ2) is 5.73. The van der Waals surface area contributed by atoms with Gasteiger partial charge in [-0.25, -0.2) is 0 Å². The molecule has 1 fully saturated rings. The van der Waals surface area contributed by atoms with Crippen molar-refractivity contribution in [3.05, 3.63) is 0 Å². The highest BCUT2D eigenvalue weighted by Crippen LogP contribution is 2.40. The van der Waals surface area contributed by atoms with Crippen LogP contribution in [0.5, 0.6) is 0 Å². The van der Waals surface area contributed by atoms with Gasteiger partial charge in [0, 0.05) is 5.92 Å². The lowest BCUT2D eigenvalue weighted by atomic mass is 9.74. The summed E-state index contributed by atoms with van der Waals surface area (Å²) >= 11 is 0. The Morgan fingerprint density at radius 2 is 1.37 bits per heavy atom. The van der Waals surface area contributed by atoms with Crippen molar-refractivity contribution in [2.75, 3.05) is 0 Å². The fourth-order valence-corrected chi connectivity index (χ4v) is 2.81. The summed E-state index contributed by atoms with van der Waals surface area (Å²) in [6.07, 6.45) is 1.33. The summed E-state index contributed by atoms with van der Waals surface area (Å²) in [5, 5.41) is 0. The average Bonchev–Trinajstić information content (AvgIpc) is 2.18. The first-order valence-electron chi connectivity index (χ1n) is 7.74. The van der Waals surface area contributed by atoms with Gasteiger partial charge in [0.2, 0.25) is 0 Å². The van der Waals surface area contributed by atoms with Gasteiger partial charge in [0.1, 0.15) is 0 Å². The molecular weight excluding hydrogens is 236 g/mol. The smallest absolute Gasteiger partial charge is 0.161 e.